The van der Waals surface area contributed by atoms with Crippen molar-refractivity contribution in [3.8, 4) is 0 Å². The van der Waals surface area contributed by atoms with E-state index in [0.29, 0.717) is 13.2 Å². The highest BCUT2D eigenvalue weighted by molar-refractivity contribution is 6.61. The first-order valence-corrected chi connectivity index (χ1v) is 8.08. The van der Waals surface area contributed by atoms with Crippen molar-refractivity contribution in [1.82, 2.24) is 0 Å². The highest BCUT2D eigenvalue weighted by Crippen LogP contribution is 2.34. The molecule has 5 heteroatoms. The van der Waals surface area contributed by atoms with Crippen LogP contribution in [0.15, 0.2) is 0 Å². The maximum absolute atomic E-state index is 6.11. The molecule has 2 unspecified atom stereocenters. The molecule has 0 aromatic rings. The molecule has 0 aliphatic carbocycles. The minimum atomic E-state index is -2.48. The van der Waals surface area contributed by atoms with Crippen LogP contribution in [0, 0.1) is 0 Å². The van der Waals surface area contributed by atoms with Gasteiger partial charge in [0.1, 0.15) is 0 Å². The van der Waals surface area contributed by atoms with Gasteiger partial charge in [0.15, 0.2) is 0 Å². The standard InChI is InChI=1S/C11H25NO3Si/c1-5-13-16(8-6-7-12)14-10(2)9-11(3,4)15-16/h10H,5-9,12H2,1-4H3. The highest BCUT2D eigenvalue weighted by Gasteiger charge is 2.50. The Morgan fingerprint density at radius 2 is 2.19 bits per heavy atom. The SMILES string of the molecule is CCO[Si]1(CCCN)OC(C)CC(C)(C)O1. The lowest BCUT2D eigenvalue weighted by Crippen LogP contribution is -2.58. The van der Waals surface area contributed by atoms with E-state index in [-0.39, 0.29) is 11.7 Å². The van der Waals surface area contributed by atoms with E-state index in [0.717, 1.165) is 18.9 Å². The van der Waals surface area contributed by atoms with Crippen LogP contribution in [-0.2, 0) is 13.3 Å². The lowest BCUT2D eigenvalue weighted by molar-refractivity contribution is -0.0897. The second-order valence-electron chi connectivity index (χ2n) is 5.00. The molecule has 0 radical (unpaired) electrons. The topological polar surface area (TPSA) is 53.7 Å². The van der Waals surface area contributed by atoms with Gasteiger partial charge in [-0.05, 0) is 47.1 Å². The molecule has 0 amide bonds. The van der Waals surface area contributed by atoms with Crippen LogP contribution in [0.1, 0.15) is 40.5 Å². The van der Waals surface area contributed by atoms with E-state index in [2.05, 4.69) is 20.8 Å². The van der Waals surface area contributed by atoms with Crippen molar-refractivity contribution in [2.75, 3.05) is 13.2 Å². The molecule has 0 saturated carbocycles. The van der Waals surface area contributed by atoms with Crippen molar-refractivity contribution < 1.29 is 13.3 Å². The summed E-state index contributed by atoms with van der Waals surface area (Å²) < 4.78 is 17.9. The quantitative estimate of drug-likeness (QED) is 0.754. The molecule has 0 spiro atoms. The average molecular weight is 247 g/mol. The second kappa shape index (κ2) is 5.60. The third-order valence-electron chi connectivity index (χ3n) is 2.64. The summed E-state index contributed by atoms with van der Waals surface area (Å²) in [5, 5.41) is 0. The van der Waals surface area contributed by atoms with E-state index in [9.17, 15) is 0 Å². The first-order valence-electron chi connectivity index (χ1n) is 6.15. The largest absolute Gasteiger partial charge is 0.501 e. The fraction of sp³-hybridized carbons (Fsp3) is 1.00. The molecule has 1 saturated heterocycles. The predicted octanol–water partition coefficient (Wildman–Crippen LogP) is 1.91. The second-order valence-corrected chi connectivity index (χ2v) is 7.60. The normalized spacial score (nSPS) is 33.9. The van der Waals surface area contributed by atoms with E-state index in [4.69, 9.17) is 19.0 Å². The molecule has 1 heterocycles. The van der Waals surface area contributed by atoms with Gasteiger partial charge < -0.3 is 19.0 Å². The predicted molar refractivity (Wildman–Crippen MR) is 66.2 cm³/mol. The van der Waals surface area contributed by atoms with E-state index in [1.807, 2.05) is 6.92 Å². The third kappa shape index (κ3) is 3.82. The Morgan fingerprint density at radius 1 is 1.50 bits per heavy atom. The minimum absolute atomic E-state index is 0.145. The van der Waals surface area contributed by atoms with Gasteiger partial charge >= 0.3 is 8.80 Å². The molecule has 2 atom stereocenters. The molecule has 1 fully saturated rings. The van der Waals surface area contributed by atoms with Gasteiger partial charge in [0.2, 0.25) is 0 Å². The Labute approximate surface area is 99.8 Å². The average Bonchev–Trinajstić information content (AvgIpc) is 2.12. The summed E-state index contributed by atoms with van der Waals surface area (Å²) in [5.74, 6) is 0. The monoisotopic (exact) mass is 247 g/mol. The maximum Gasteiger partial charge on any atom is 0.501 e. The molecular formula is C11H25NO3Si. The van der Waals surface area contributed by atoms with Crippen LogP contribution in [0.3, 0.4) is 0 Å². The Kier molecular flexibility index (Phi) is 4.94. The van der Waals surface area contributed by atoms with Gasteiger partial charge in [0.05, 0.1) is 5.60 Å². The summed E-state index contributed by atoms with van der Waals surface area (Å²) in [7, 11) is -2.48. The van der Waals surface area contributed by atoms with Crippen molar-refractivity contribution >= 4 is 8.80 Å². The molecule has 1 aliphatic heterocycles. The zero-order valence-corrected chi connectivity index (χ0v) is 11.9. The fourth-order valence-electron chi connectivity index (χ4n) is 2.31. The molecular weight excluding hydrogens is 222 g/mol. The molecule has 4 nitrogen and oxygen atoms in total. The van der Waals surface area contributed by atoms with Gasteiger partial charge in [-0.25, -0.2) is 0 Å². The Hall–Kier alpha value is 0.0569. The molecule has 2 N–H and O–H groups in total. The minimum Gasteiger partial charge on any atom is -0.374 e. The van der Waals surface area contributed by atoms with Crippen LogP contribution in [0.25, 0.3) is 0 Å². The smallest absolute Gasteiger partial charge is 0.374 e. The summed E-state index contributed by atoms with van der Waals surface area (Å²) >= 11 is 0. The van der Waals surface area contributed by atoms with Crippen molar-refractivity contribution in [3.05, 3.63) is 0 Å². The summed E-state index contributed by atoms with van der Waals surface area (Å²) in [6.07, 6.45) is 2.02. The Balaban J connectivity index is 2.73. The van der Waals surface area contributed by atoms with E-state index >= 15 is 0 Å². The van der Waals surface area contributed by atoms with E-state index in [1.165, 1.54) is 0 Å². The number of hydrogen-bond donors (Lipinski definition) is 1. The molecule has 16 heavy (non-hydrogen) atoms. The van der Waals surface area contributed by atoms with Crippen LogP contribution >= 0.6 is 0 Å². The van der Waals surface area contributed by atoms with E-state index in [1.54, 1.807) is 0 Å². The van der Waals surface area contributed by atoms with Gasteiger partial charge in [0, 0.05) is 18.8 Å². The Morgan fingerprint density at radius 3 is 2.69 bits per heavy atom. The van der Waals surface area contributed by atoms with Crippen LogP contribution in [0.4, 0.5) is 0 Å². The zero-order valence-electron chi connectivity index (χ0n) is 10.9. The third-order valence-corrected chi connectivity index (χ3v) is 5.96. The summed E-state index contributed by atoms with van der Waals surface area (Å²) in [6, 6.07) is 0.825. The number of rotatable bonds is 5. The van der Waals surface area contributed by atoms with Crippen molar-refractivity contribution in [1.29, 1.82) is 0 Å². The van der Waals surface area contributed by atoms with E-state index < -0.39 is 8.80 Å². The van der Waals surface area contributed by atoms with Crippen LogP contribution in [-0.4, -0.2) is 33.7 Å². The zero-order chi connectivity index (χ0) is 12.2. The van der Waals surface area contributed by atoms with Gasteiger partial charge in [0.25, 0.3) is 0 Å². The number of hydrogen-bond acceptors (Lipinski definition) is 4. The lowest BCUT2D eigenvalue weighted by atomic mass is 10.0. The molecule has 1 rings (SSSR count). The summed E-state index contributed by atoms with van der Waals surface area (Å²) in [5.41, 5.74) is 5.41. The van der Waals surface area contributed by atoms with Crippen molar-refractivity contribution in [2.45, 2.75) is 58.3 Å². The summed E-state index contributed by atoms with van der Waals surface area (Å²) in [6.45, 7) is 9.58. The van der Waals surface area contributed by atoms with Gasteiger partial charge in [-0.2, -0.15) is 0 Å². The van der Waals surface area contributed by atoms with Crippen LogP contribution < -0.4 is 5.73 Å². The Bertz CT molecular complexity index is 225. The first-order chi connectivity index (χ1) is 7.43. The lowest BCUT2D eigenvalue weighted by Gasteiger charge is -2.45. The molecule has 96 valence electrons. The van der Waals surface area contributed by atoms with Crippen LogP contribution in [0.5, 0.6) is 0 Å². The fourth-order valence-corrected chi connectivity index (χ4v) is 5.55. The number of nitrogens with two attached hydrogens (primary N) is 1. The van der Waals surface area contributed by atoms with Gasteiger partial charge in [-0.15, -0.1) is 0 Å². The molecule has 0 bridgehead atoms. The molecule has 0 aromatic heterocycles. The highest BCUT2D eigenvalue weighted by atomic mass is 28.4. The van der Waals surface area contributed by atoms with Crippen molar-refractivity contribution in [3.63, 3.8) is 0 Å². The molecule has 0 aromatic carbocycles. The van der Waals surface area contributed by atoms with Gasteiger partial charge in [-0.3, -0.25) is 0 Å². The van der Waals surface area contributed by atoms with Gasteiger partial charge in [-0.1, -0.05) is 0 Å². The first kappa shape index (κ1) is 14.1. The van der Waals surface area contributed by atoms with Crippen molar-refractivity contribution in [2.24, 2.45) is 5.73 Å². The van der Waals surface area contributed by atoms with Crippen LogP contribution in [0.2, 0.25) is 6.04 Å². The molecule has 1 aliphatic rings. The summed E-state index contributed by atoms with van der Waals surface area (Å²) in [4.78, 5) is 0. The maximum atomic E-state index is 6.11.